The van der Waals surface area contributed by atoms with Crippen LogP contribution in [0.2, 0.25) is 0 Å². The monoisotopic (exact) mass is 347 g/mol. The summed E-state index contributed by atoms with van der Waals surface area (Å²) in [6.07, 6.45) is 1.49. The maximum Gasteiger partial charge on any atom is 0.317 e. The van der Waals surface area contributed by atoms with Crippen LogP contribution in [0.25, 0.3) is 0 Å². The third-order valence-electron chi connectivity index (χ3n) is 3.77. The molecule has 8 heteroatoms. The smallest absolute Gasteiger partial charge is 0.317 e. The number of rotatable bonds is 4. The Bertz CT molecular complexity index is 677. The molecule has 3 rings (SSSR count). The quantitative estimate of drug-likeness (QED) is 0.914. The summed E-state index contributed by atoms with van der Waals surface area (Å²) in [5.74, 6) is 0.634. The predicted octanol–water partition coefficient (Wildman–Crippen LogP) is 1.89. The lowest BCUT2D eigenvalue weighted by atomic mass is 10.2. The summed E-state index contributed by atoms with van der Waals surface area (Å²) < 4.78 is 5.80. The van der Waals surface area contributed by atoms with E-state index in [1.165, 1.54) is 0 Å². The topological polar surface area (TPSA) is 70.6 Å². The number of amides is 2. The van der Waals surface area contributed by atoms with Gasteiger partial charge in [0.05, 0.1) is 18.8 Å². The van der Waals surface area contributed by atoms with Crippen LogP contribution in [-0.2, 0) is 11.3 Å². The van der Waals surface area contributed by atoms with E-state index in [9.17, 15) is 4.79 Å². The van der Waals surface area contributed by atoms with Gasteiger partial charge in [0.1, 0.15) is 6.10 Å². The average Bonchev–Trinajstić information content (AvgIpc) is 3.13. The highest BCUT2D eigenvalue weighted by Gasteiger charge is 2.26. The highest BCUT2D eigenvalue weighted by Crippen LogP contribution is 2.21. The molecule has 1 fully saturated rings. The molecular formula is C16H21N5O2S. The molecular weight excluding hydrogens is 326 g/mol. The van der Waals surface area contributed by atoms with Crippen LogP contribution in [0.3, 0.4) is 0 Å². The maximum absolute atomic E-state index is 12.4. The summed E-state index contributed by atoms with van der Waals surface area (Å²) in [7, 11) is 3.79. The van der Waals surface area contributed by atoms with Crippen molar-refractivity contribution in [2.75, 3.05) is 38.7 Å². The molecule has 0 bridgehead atoms. The minimum absolute atomic E-state index is 0.0728. The molecule has 0 aliphatic carbocycles. The minimum atomic E-state index is -0.229. The van der Waals surface area contributed by atoms with Crippen molar-refractivity contribution in [3.63, 3.8) is 0 Å². The fraction of sp³-hybridized carbons (Fsp3) is 0.438. The van der Waals surface area contributed by atoms with Gasteiger partial charge in [0.15, 0.2) is 0 Å². The molecule has 0 spiro atoms. The van der Waals surface area contributed by atoms with Crippen LogP contribution in [-0.4, -0.2) is 54.7 Å². The Balaban J connectivity index is 1.61. The first kappa shape index (κ1) is 16.7. The van der Waals surface area contributed by atoms with Gasteiger partial charge in [-0.25, -0.2) is 14.8 Å². The second-order valence-electron chi connectivity index (χ2n) is 5.77. The van der Waals surface area contributed by atoms with Crippen LogP contribution in [0.5, 0.6) is 0 Å². The van der Waals surface area contributed by atoms with Gasteiger partial charge in [-0.15, -0.1) is 0 Å². The largest absolute Gasteiger partial charge is 0.368 e. The number of anilines is 1. The summed E-state index contributed by atoms with van der Waals surface area (Å²) in [6, 6.07) is 3.78. The zero-order valence-corrected chi connectivity index (χ0v) is 14.6. The maximum atomic E-state index is 12.4. The zero-order valence-electron chi connectivity index (χ0n) is 13.8. The van der Waals surface area contributed by atoms with Crippen molar-refractivity contribution in [3.05, 3.63) is 40.3 Å². The normalized spacial score (nSPS) is 17.6. The Morgan fingerprint density at radius 3 is 3.12 bits per heavy atom. The summed E-state index contributed by atoms with van der Waals surface area (Å²) >= 11 is 1.63. The van der Waals surface area contributed by atoms with E-state index in [4.69, 9.17) is 4.74 Å². The molecule has 128 valence electrons. The van der Waals surface area contributed by atoms with Gasteiger partial charge in [-0.1, -0.05) is 0 Å². The first-order chi connectivity index (χ1) is 11.6. The Kier molecular flexibility index (Phi) is 5.27. The lowest BCUT2D eigenvalue weighted by molar-refractivity contribution is -0.0176. The van der Waals surface area contributed by atoms with Crippen molar-refractivity contribution in [2.24, 2.45) is 0 Å². The zero-order chi connectivity index (χ0) is 16.9. The molecule has 3 heterocycles. The first-order valence-corrected chi connectivity index (χ1v) is 8.73. The highest BCUT2D eigenvalue weighted by atomic mass is 32.1. The second-order valence-corrected chi connectivity index (χ2v) is 6.55. The Hall–Kier alpha value is -2.19. The molecule has 1 aliphatic rings. The standard InChI is InChI=1S/C16H21N5O2S/c1-20(2)15-17-5-3-13(19-15)14-10-21(6-7-23-14)16(22)18-9-12-4-8-24-11-12/h3-5,8,11,14H,6-7,9-10H2,1-2H3,(H,18,22)/t14-/m0/s1. The summed E-state index contributed by atoms with van der Waals surface area (Å²) in [5.41, 5.74) is 1.91. The number of ether oxygens (including phenoxy) is 1. The SMILES string of the molecule is CN(C)c1nccc([C@@H]2CN(C(=O)NCc3ccsc3)CCO2)n1. The predicted molar refractivity (Wildman–Crippen MR) is 93.2 cm³/mol. The van der Waals surface area contributed by atoms with Gasteiger partial charge >= 0.3 is 6.03 Å². The average molecular weight is 347 g/mol. The molecule has 1 saturated heterocycles. The van der Waals surface area contributed by atoms with Crippen LogP contribution in [0.4, 0.5) is 10.7 Å². The van der Waals surface area contributed by atoms with Crippen molar-refractivity contribution in [3.8, 4) is 0 Å². The van der Waals surface area contributed by atoms with Gasteiger partial charge in [-0.05, 0) is 28.5 Å². The molecule has 1 atom stereocenters. The Morgan fingerprint density at radius 2 is 2.38 bits per heavy atom. The van der Waals surface area contributed by atoms with E-state index >= 15 is 0 Å². The van der Waals surface area contributed by atoms with Crippen LogP contribution in [0.1, 0.15) is 17.4 Å². The van der Waals surface area contributed by atoms with E-state index in [-0.39, 0.29) is 12.1 Å². The number of carbonyl (C=O) groups excluding carboxylic acids is 1. The molecule has 1 aliphatic heterocycles. The minimum Gasteiger partial charge on any atom is -0.368 e. The van der Waals surface area contributed by atoms with E-state index in [1.807, 2.05) is 41.9 Å². The van der Waals surface area contributed by atoms with Crippen molar-refractivity contribution in [1.29, 1.82) is 0 Å². The molecule has 0 unspecified atom stereocenters. The van der Waals surface area contributed by atoms with Crippen LogP contribution in [0.15, 0.2) is 29.1 Å². The van der Waals surface area contributed by atoms with Crippen LogP contribution < -0.4 is 10.2 Å². The van der Waals surface area contributed by atoms with E-state index in [0.717, 1.165) is 11.3 Å². The number of morpholine rings is 1. The number of urea groups is 1. The Morgan fingerprint density at radius 1 is 1.50 bits per heavy atom. The van der Waals surface area contributed by atoms with E-state index in [2.05, 4.69) is 15.3 Å². The molecule has 0 radical (unpaired) electrons. The number of hydrogen-bond donors (Lipinski definition) is 1. The number of thiophene rings is 1. The fourth-order valence-electron chi connectivity index (χ4n) is 2.45. The molecule has 2 aromatic heterocycles. The molecule has 0 saturated carbocycles. The van der Waals surface area contributed by atoms with E-state index in [1.54, 1.807) is 22.4 Å². The van der Waals surface area contributed by atoms with Crippen molar-refractivity contribution in [1.82, 2.24) is 20.2 Å². The van der Waals surface area contributed by atoms with Gasteiger partial charge in [-0.3, -0.25) is 0 Å². The van der Waals surface area contributed by atoms with E-state index in [0.29, 0.717) is 32.2 Å². The third-order valence-corrected chi connectivity index (χ3v) is 4.50. The molecule has 1 N–H and O–H groups in total. The summed E-state index contributed by atoms with van der Waals surface area (Å²) in [4.78, 5) is 24.7. The van der Waals surface area contributed by atoms with Crippen molar-refractivity contribution >= 4 is 23.3 Å². The van der Waals surface area contributed by atoms with Gasteiger partial charge in [0.25, 0.3) is 0 Å². The summed E-state index contributed by atoms with van der Waals surface area (Å²) in [6.45, 7) is 2.11. The number of nitrogens with zero attached hydrogens (tertiary/aromatic N) is 4. The van der Waals surface area contributed by atoms with Crippen molar-refractivity contribution in [2.45, 2.75) is 12.6 Å². The number of nitrogens with one attached hydrogen (secondary N) is 1. The van der Waals surface area contributed by atoms with Gasteiger partial charge in [-0.2, -0.15) is 11.3 Å². The number of aromatic nitrogens is 2. The van der Waals surface area contributed by atoms with Gasteiger partial charge in [0, 0.05) is 33.4 Å². The number of carbonyl (C=O) groups is 1. The lowest BCUT2D eigenvalue weighted by Gasteiger charge is -2.32. The molecule has 2 amide bonds. The van der Waals surface area contributed by atoms with Crippen molar-refractivity contribution < 1.29 is 9.53 Å². The highest BCUT2D eigenvalue weighted by molar-refractivity contribution is 7.07. The lowest BCUT2D eigenvalue weighted by Crippen LogP contribution is -2.47. The molecule has 24 heavy (non-hydrogen) atoms. The van der Waals surface area contributed by atoms with Crippen LogP contribution in [0, 0.1) is 0 Å². The van der Waals surface area contributed by atoms with Gasteiger partial charge in [0.2, 0.25) is 5.95 Å². The van der Waals surface area contributed by atoms with E-state index < -0.39 is 0 Å². The Labute approximate surface area is 145 Å². The number of hydrogen-bond acceptors (Lipinski definition) is 6. The van der Waals surface area contributed by atoms with Crippen LogP contribution >= 0.6 is 11.3 Å². The molecule has 0 aromatic carbocycles. The molecule has 2 aromatic rings. The first-order valence-electron chi connectivity index (χ1n) is 7.79. The summed E-state index contributed by atoms with van der Waals surface area (Å²) in [5, 5.41) is 6.99. The fourth-order valence-corrected chi connectivity index (χ4v) is 3.12. The molecule has 7 nitrogen and oxygen atoms in total. The second kappa shape index (κ2) is 7.59. The third kappa shape index (κ3) is 4.01. The van der Waals surface area contributed by atoms with Gasteiger partial charge < -0.3 is 19.9 Å².